The molecule has 0 aliphatic heterocycles. The number of unbranched alkanes of at least 4 members (excludes halogenated alkanes) is 4. The molecule has 0 saturated heterocycles. The molecule has 1 aliphatic carbocycles. The Morgan fingerprint density at radius 3 is 2.52 bits per heavy atom. The van der Waals surface area contributed by atoms with Crippen molar-refractivity contribution >= 4 is 35.9 Å². The summed E-state index contributed by atoms with van der Waals surface area (Å²) in [5, 5.41) is 3.16. The van der Waals surface area contributed by atoms with Crippen molar-refractivity contribution in [3.8, 4) is 0 Å². The van der Waals surface area contributed by atoms with Crippen LogP contribution in [0.4, 0.5) is 0 Å². The van der Waals surface area contributed by atoms with Crippen LogP contribution in [0.5, 0.6) is 0 Å². The van der Waals surface area contributed by atoms with Gasteiger partial charge < -0.3 is 15.8 Å². The molecule has 3 N–H and O–H groups in total. The fourth-order valence-electron chi connectivity index (χ4n) is 2.20. The Kier molecular flexibility index (Phi) is 12.8. The third kappa shape index (κ3) is 10.8. The minimum Gasteiger partial charge on any atom is -0.469 e. The van der Waals surface area contributed by atoms with Gasteiger partial charge in [-0.25, -0.2) is 0 Å². The van der Waals surface area contributed by atoms with E-state index in [1.165, 1.54) is 26.4 Å². The van der Waals surface area contributed by atoms with Crippen molar-refractivity contribution in [1.29, 1.82) is 0 Å². The molecule has 0 aromatic carbocycles. The van der Waals surface area contributed by atoms with E-state index >= 15 is 0 Å². The first-order chi connectivity index (χ1) is 9.72. The fourth-order valence-corrected chi connectivity index (χ4v) is 2.20. The van der Waals surface area contributed by atoms with Gasteiger partial charge in [0.05, 0.1) is 7.11 Å². The Hall–Kier alpha value is -0.530. The van der Waals surface area contributed by atoms with Gasteiger partial charge in [0.2, 0.25) is 0 Å². The SMILES string of the molecule is COC(=O)CCCCCCCNC(N)=NCC1CCC1.I. The van der Waals surface area contributed by atoms with Gasteiger partial charge in [0.15, 0.2) is 5.96 Å². The standard InChI is InChI=1S/C15H29N3O2.HI/c1-20-14(19)10-5-3-2-4-6-11-17-15(16)18-12-13-8-7-9-13;/h13H,2-12H2,1H3,(H3,16,17,18);1H. The zero-order valence-corrected chi connectivity index (χ0v) is 15.4. The van der Waals surface area contributed by atoms with E-state index < -0.39 is 0 Å². The molecule has 0 aromatic heterocycles. The molecular weight excluding hydrogens is 381 g/mol. The van der Waals surface area contributed by atoms with Gasteiger partial charge in [-0.3, -0.25) is 9.79 Å². The van der Waals surface area contributed by atoms with Crippen LogP contribution in [-0.2, 0) is 9.53 Å². The Labute approximate surface area is 145 Å². The summed E-state index contributed by atoms with van der Waals surface area (Å²) in [6, 6.07) is 0. The van der Waals surface area contributed by atoms with Crippen molar-refractivity contribution in [2.75, 3.05) is 20.2 Å². The first-order valence-electron chi connectivity index (χ1n) is 7.83. The van der Waals surface area contributed by atoms with E-state index in [4.69, 9.17) is 5.73 Å². The molecule has 1 aliphatic rings. The van der Waals surface area contributed by atoms with Crippen LogP contribution in [0, 0.1) is 5.92 Å². The molecule has 6 heteroatoms. The number of rotatable bonds is 10. The first-order valence-corrected chi connectivity index (χ1v) is 7.83. The van der Waals surface area contributed by atoms with Crippen LogP contribution in [-0.4, -0.2) is 32.1 Å². The summed E-state index contributed by atoms with van der Waals surface area (Å²) < 4.78 is 4.60. The number of nitrogens with two attached hydrogens (primary N) is 1. The lowest BCUT2D eigenvalue weighted by Gasteiger charge is -2.23. The van der Waals surface area contributed by atoms with Crippen LogP contribution in [0.2, 0.25) is 0 Å². The van der Waals surface area contributed by atoms with Gasteiger partial charge in [-0.2, -0.15) is 0 Å². The highest BCUT2D eigenvalue weighted by atomic mass is 127. The monoisotopic (exact) mass is 411 g/mol. The Balaban J connectivity index is 0.00000400. The van der Waals surface area contributed by atoms with Gasteiger partial charge >= 0.3 is 5.97 Å². The quantitative estimate of drug-likeness (QED) is 0.191. The summed E-state index contributed by atoms with van der Waals surface area (Å²) in [6.45, 7) is 1.77. The molecule has 0 radical (unpaired) electrons. The number of ether oxygens (including phenoxy) is 1. The molecule has 5 nitrogen and oxygen atoms in total. The summed E-state index contributed by atoms with van der Waals surface area (Å²) in [7, 11) is 1.44. The highest BCUT2D eigenvalue weighted by Gasteiger charge is 2.16. The smallest absolute Gasteiger partial charge is 0.305 e. The van der Waals surface area contributed by atoms with Crippen molar-refractivity contribution in [2.45, 2.75) is 57.8 Å². The Bertz CT molecular complexity index is 307. The molecule has 0 atom stereocenters. The predicted octanol–water partition coefficient (Wildman–Crippen LogP) is 2.82. The van der Waals surface area contributed by atoms with Crippen molar-refractivity contribution in [1.82, 2.24) is 5.32 Å². The maximum absolute atomic E-state index is 10.9. The third-order valence-electron chi connectivity index (χ3n) is 3.84. The molecule has 0 spiro atoms. The number of aliphatic imine (C=N–C) groups is 1. The lowest BCUT2D eigenvalue weighted by molar-refractivity contribution is -0.140. The highest BCUT2D eigenvalue weighted by molar-refractivity contribution is 14.0. The van der Waals surface area contributed by atoms with Crippen molar-refractivity contribution in [3.05, 3.63) is 0 Å². The fraction of sp³-hybridized carbons (Fsp3) is 0.867. The van der Waals surface area contributed by atoms with Gasteiger partial charge in [-0.05, 0) is 31.6 Å². The minimum absolute atomic E-state index is 0. The number of carbonyl (C=O) groups excluding carboxylic acids is 1. The third-order valence-corrected chi connectivity index (χ3v) is 3.84. The van der Waals surface area contributed by atoms with Crippen molar-refractivity contribution in [3.63, 3.8) is 0 Å². The average molecular weight is 411 g/mol. The number of hydrogen-bond acceptors (Lipinski definition) is 3. The zero-order chi connectivity index (χ0) is 14.6. The van der Waals surface area contributed by atoms with Gasteiger partial charge in [0.1, 0.15) is 0 Å². The van der Waals surface area contributed by atoms with E-state index in [0.29, 0.717) is 12.4 Å². The molecule has 21 heavy (non-hydrogen) atoms. The van der Waals surface area contributed by atoms with Gasteiger partial charge in [-0.1, -0.05) is 25.7 Å². The molecule has 1 fully saturated rings. The summed E-state index contributed by atoms with van der Waals surface area (Å²) >= 11 is 0. The summed E-state index contributed by atoms with van der Waals surface area (Å²) in [6.07, 6.45) is 9.91. The number of hydrogen-bond donors (Lipinski definition) is 2. The lowest BCUT2D eigenvalue weighted by atomic mass is 9.86. The Morgan fingerprint density at radius 2 is 1.90 bits per heavy atom. The number of methoxy groups -OCH3 is 1. The average Bonchev–Trinajstić information content (AvgIpc) is 2.39. The van der Waals surface area contributed by atoms with Crippen LogP contribution < -0.4 is 11.1 Å². The predicted molar refractivity (Wildman–Crippen MR) is 97.0 cm³/mol. The second kappa shape index (κ2) is 13.2. The van der Waals surface area contributed by atoms with E-state index in [1.807, 2.05) is 0 Å². The molecule has 0 bridgehead atoms. The van der Waals surface area contributed by atoms with Gasteiger partial charge in [-0.15, -0.1) is 24.0 Å². The maximum Gasteiger partial charge on any atom is 0.305 e. The number of nitrogens with zero attached hydrogens (tertiary/aromatic N) is 1. The van der Waals surface area contributed by atoms with Crippen molar-refractivity contribution < 1.29 is 9.53 Å². The number of guanidine groups is 1. The van der Waals surface area contributed by atoms with Gasteiger partial charge in [0, 0.05) is 19.5 Å². The lowest BCUT2D eigenvalue weighted by Crippen LogP contribution is -2.33. The number of nitrogens with one attached hydrogen (secondary N) is 1. The van der Waals surface area contributed by atoms with Crippen LogP contribution in [0.25, 0.3) is 0 Å². The molecular formula is C15H30IN3O2. The van der Waals surface area contributed by atoms with E-state index in [2.05, 4.69) is 15.0 Å². The molecule has 1 rings (SSSR count). The molecule has 124 valence electrons. The molecule has 0 amide bonds. The van der Waals surface area contributed by atoms with E-state index in [-0.39, 0.29) is 29.9 Å². The first kappa shape index (κ1) is 20.5. The largest absolute Gasteiger partial charge is 0.469 e. The molecule has 1 saturated carbocycles. The van der Waals surface area contributed by atoms with Crippen LogP contribution >= 0.6 is 24.0 Å². The number of esters is 1. The maximum atomic E-state index is 10.9. The second-order valence-electron chi connectivity index (χ2n) is 5.54. The second-order valence-corrected chi connectivity index (χ2v) is 5.54. The van der Waals surface area contributed by atoms with Crippen LogP contribution in [0.1, 0.15) is 57.8 Å². The number of halogens is 1. The molecule has 0 aromatic rings. The zero-order valence-electron chi connectivity index (χ0n) is 13.1. The van der Waals surface area contributed by atoms with Crippen molar-refractivity contribution in [2.24, 2.45) is 16.6 Å². The Morgan fingerprint density at radius 1 is 1.24 bits per heavy atom. The molecule has 0 unspecified atom stereocenters. The van der Waals surface area contributed by atoms with E-state index in [1.54, 1.807) is 0 Å². The highest BCUT2D eigenvalue weighted by Crippen LogP contribution is 2.26. The number of carbonyl (C=O) groups is 1. The summed E-state index contributed by atoms with van der Waals surface area (Å²) in [4.78, 5) is 15.3. The molecule has 0 heterocycles. The minimum atomic E-state index is -0.109. The van der Waals surface area contributed by atoms with Crippen LogP contribution in [0.3, 0.4) is 0 Å². The van der Waals surface area contributed by atoms with Crippen LogP contribution in [0.15, 0.2) is 4.99 Å². The summed E-state index contributed by atoms with van der Waals surface area (Å²) in [5.41, 5.74) is 5.80. The van der Waals surface area contributed by atoms with E-state index in [0.717, 1.165) is 51.1 Å². The summed E-state index contributed by atoms with van der Waals surface area (Å²) in [5.74, 6) is 1.25. The van der Waals surface area contributed by atoms with Gasteiger partial charge in [0.25, 0.3) is 0 Å². The van der Waals surface area contributed by atoms with E-state index in [9.17, 15) is 4.79 Å². The topological polar surface area (TPSA) is 76.7 Å². The normalized spacial score (nSPS) is 15.0.